The van der Waals surface area contributed by atoms with Gasteiger partial charge in [0.05, 0.1) is 12.2 Å². The van der Waals surface area contributed by atoms with Gasteiger partial charge in [-0.05, 0) is 12.1 Å². The van der Waals surface area contributed by atoms with Crippen LogP contribution < -0.4 is 5.90 Å². The molecule has 0 unspecified atom stereocenters. The number of alkyl halides is 3. The van der Waals surface area contributed by atoms with E-state index in [4.69, 9.17) is 0 Å². The van der Waals surface area contributed by atoms with Crippen LogP contribution in [0, 0.1) is 5.82 Å². The van der Waals surface area contributed by atoms with Gasteiger partial charge in [0.2, 0.25) is 0 Å². The van der Waals surface area contributed by atoms with Crippen molar-refractivity contribution in [2.24, 2.45) is 5.90 Å². The van der Waals surface area contributed by atoms with E-state index >= 15 is 0 Å². The Hall–Kier alpha value is -1.14. The SMILES string of the molecule is NOCc1c(F)cccc1C(F)(F)F. The quantitative estimate of drug-likeness (QED) is 0.598. The van der Waals surface area contributed by atoms with Gasteiger partial charge < -0.3 is 0 Å². The maximum absolute atomic E-state index is 12.9. The molecule has 0 aliphatic rings. The van der Waals surface area contributed by atoms with Crippen molar-refractivity contribution in [3.63, 3.8) is 0 Å². The zero-order valence-electron chi connectivity index (χ0n) is 6.94. The molecule has 0 aromatic heterocycles. The third kappa shape index (κ3) is 2.21. The lowest BCUT2D eigenvalue weighted by molar-refractivity contribution is -0.139. The van der Waals surface area contributed by atoms with Gasteiger partial charge in [-0.3, -0.25) is 4.84 Å². The van der Waals surface area contributed by atoms with E-state index in [1.165, 1.54) is 0 Å². The summed E-state index contributed by atoms with van der Waals surface area (Å²) >= 11 is 0. The van der Waals surface area contributed by atoms with Crippen LogP contribution in [-0.2, 0) is 17.6 Å². The molecular weight excluding hydrogens is 202 g/mol. The second-order valence-corrected chi connectivity index (χ2v) is 2.57. The van der Waals surface area contributed by atoms with E-state index in [1.807, 2.05) is 0 Å². The molecule has 0 radical (unpaired) electrons. The summed E-state index contributed by atoms with van der Waals surface area (Å²) in [6.45, 7) is -0.610. The summed E-state index contributed by atoms with van der Waals surface area (Å²) in [5, 5.41) is 0. The van der Waals surface area contributed by atoms with Gasteiger partial charge in [-0.1, -0.05) is 6.07 Å². The van der Waals surface area contributed by atoms with Crippen molar-refractivity contribution in [1.29, 1.82) is 0 Å². The first-order chi connectivity index (χ1) is 6.46. The Morgan fingerprint density at radius 2 is 1.93 bits per heavy atom. The molecule has 0 saturated heterocycles. The van der Waals surface area contributed by atoms with Gasteiger partial charge in [0, 0.05) is 5.56 Å². The zero-order chi connectivity index (χ0) is 10.8. The predicted octanol–water partition coefficient (Wildman–Crippen LogP) is 2.23. The molecule has 0 spiro atoms. The highest BCUT2D eigenvalue weighted by Crippen LogP contribution is 2.33. The Labute approximate surface area is 77.2 Å². The second kappa shape index (κ2) is 3.93. The smallest absolute Gasteiger partial charge is 0.300 e. The monoisotopic (exact) mass is 209 g/mol. The molecule has 1 aromatic carbocycles. The van der Waals surface area contributed by atoms with Crippen LogP contribution >= 0.6 is 0 Å². The molecule has 6 heteroatoms. The highest BCUT2D eigenvalue weighted by atomic mass is 19.4. The maximum atomic E-state index is 12.9. The summed E-state index contributed by atoms with van der Waals surface area (Å²) in [6.07, 6.45) is -4.60. The van der Waals surface area contributed by atoms with Gasteiger partial charge in [-0.25, -0.2) is 10.3 Å². The van der Waals surface area contributed by atoms with E-state index in [1.54, 1.807) is 0 Å². The molecule has 0 heterocycles. The van der Waals surface area contributed by atoms with Crippen molar-refractivity contribution in [1.82, 2.24) is 0 Å². The molecule has 1 rings (SSSR count). The van der Waals surface area contributed by atoms with Crippen molar-refractivity contribution >= 4 is 0 Å². The van der Waals surface area contributed by atoms with Crippen molar-refractivity contribution < 1.29 is 22.4 Å². The summed E-state index contributed by atoms with van der Waals surface area (Å²) in [6, 6.07) is 2.68. The standard InChI is InChI=1S/C8H7F4NO/c9-7-3-1-2-6(8(10,11)12)5(7)4-14-13/h1-3H,4,13H2. The highest BCUT2D eigenvalue weighted by molar-refractivity contribution is 5.30. The van der Waals surface area contributed by atoms with Crippen LogP contribution in [0.3, 0.4) is 0 Å². The van der Waals surface area contributed by atoms with Crippen LogP contribution in [0.25, 0.3) is 0 Å². The van der Waals surface area contributed by atoms with Crippen molar-refractivity contribution in [2.75, 3.05) is 0 Å². The van der Waals surface area contributed by atoms with Crippen LogP contribution in [-0.4, -0.2) is 0 Å². The Bertz CT molecular complexity index is 324. The first kappa shape index (κ1) is 10.9. The summed E-state index contributed by atoms with van der Waals surface area (Å²) in [5.74, 6) is 3.63. The van der Waals surface area contributed by atoms with Crippen LogP contribution in [0.15, 0.2) is 18.2 Å². The van der Waals surface area contributed by atoms with E-state index in [-0.39, 0.29) is 0 Å². The third-order valence-corrected chi connectivity index (χ3v) is 1.65. The topological polar surface area (TPSA) is 35.2 Å². The van der Waals surface area contributed by atoms with Gasteiger partial charge in [0.25, 0.3) is 0 Å². The molecule has 0 bridgehead atoms. The largest absolute Gasteiger partial charge is 0.416 e. The van der Waals surface area contributed by atoms with Gasteiger partial charge in [-0.2, -0.15) is 13.2 Å². The molecule has 0 fully saturated rings. The number of nitrogens with two attached hydrogens (primary N) is 1. The molecular formula is C8H7F4NO. The Kier molecular flexibility index (Phi) is 3.07. The molecule has 0 aliphatic heterocycles. The highest BCUT2D eigenvalue weighted by Gasteiger charge is 2.34. The van der Waals surface area contributed by atoms with Crippen molar-refractivity contribution in [3.05, 3.63) is 35.1 Å². The number of benzene rings is 1. The molecule has 0 amide bonds. The molecule has 2 nitrogen and oxygen atoms in total. The van der Waals surface area contributed by atoms with Crippen LogP contribution in [0.5, 0.6) is 0 Å². The summed E-state index contributed by atoms with van der Waals surface area (Å²) in [5.41, 5.74) is -1.65. The summed E-state index contributed by atoms with van der Waals surface area (Å²) < 4.78 is 49.8. The number of hydrogen-bond acceptors (Lipinski definition) is 2. The first-order valence-corrected chi connectivity index (χ1v) is 3.63. The maximum Gasteiger partial charge on any atom is 0.416 e. The number of halogens is 4. The third-order valence-electron chi connectivity index (χ3n) is 1.65. The van der Waals surface area contributed by atoms with Gasteiger partial charge in [0.1, 0.15) is 5.82 Å². The number of rotatable bonds is 2. The summed E-state index contributed by atoms with van der Waals surface area (Å²) in [4.78, 5) is 4.00. The fourth-order valence-corrected chi connectivity index (χ4v) is 1.05. The Morgan fingerprint density at radius 3 is 2.43 bits per heavy atom. The minimum atomic E-state index is -4.60. The average Bonchev–Trinajstić information content (AvgIpc) is 2.07. The van der Waals surface area contributed by atoms with Gasteiger partial charge in [0.15, 0.2) is 0 Å². The number of hydrogen-bond donors (Lipinski definition) is 1. The van der Waals surface area contributed by atoms with Crippen molar-refractivity contribution in [3.8, 4) is 0 Å². The van der Waals surface area contributed by atoms with E-state index in [0.717, 1.165) is 18.2 Å². The minimum absolute atomic E-state index is 0.581. The fourth-order valence-electron chi connectivity index (χ4n) is 1.05. The molecule has 14 heavy (non-hydrogen) atoms. The summed E-state index contributed by atoms with van der Waals surface area (Å²) in [7, 11) is 0. The molecule has 2 N–H and O–H groups in total. The Balaban J connectivity index is 3.21. The lowest BCUT2D eigenvalue weighted by Crippen LogP contribution is -2.13. The molecule has 0 aliphatic carbocycles. The molecule has 1 aromatic rings. The van der Waals surface area contributed by atoms with E-state index in [9.17, 15) is 17.6 Å². The van der Waals surface area contributed by atoms with Crippen LogP contribution in [0.2, 0.25) is 0 Å². The predicted molar refractivity (Wildman–Crippen MR) is 40.4 cm³/mol. The lowest BCUT2D eigenvalue weighted by Gasteiger charge is -2.12. The van der Waals surface area contributed by atoms with Crippen molar-refractivity contribution in [2.45, 2.75) is 12.8 Å². The molecule has 78 valence electrons. The molecule has 0 atom stereocenters. The first-order valence-electron chi connectivity index (χ1n) is 3.63. The van der Waals surface area contributed by atoms with E-state index in [0.29, 0.717) is 0 Å². The average molecular weight is 209 g/mol. The minimum Gasteiger partial charge on any atom is -0.300 e. The Morgan fingerprint density at radius 1 is 1.29 bits per heavy atom. The fraction of sp³-hybridized carbons (Fsp3) is 0.250. The van der Waals surface area contributed by atoms with E-state index < -0.39 is 29.7 Å². The zero-order valence-corrected chi connectivity index (χ0v) is 6.94. The van der Waals surface area contributed by atoms with Crippen LogP contribution in [0.4, 0.5) is 17.6 Å². The normalized spacial score (nSPS) is 11.8. The molecule has 0 saturated carbocycles. The van der Waals surface area contributed by atoms with E-state index in [2.05, 4.69) is 10.7 Å². The van der Waals surface area contributed by atoms with Gasteiger partial charge >= 0.3 is 6.18 Å². The second-order valence-electron chi connectivity index (χ2n) is 2.57. The van der Waals surface area contributed by atoms with Crippen LogP contribution in [0.1, 0.15) is 11.1 Å². The lowest BCUT2D eigenvalue weighted by atomic mass is 10.1. The van der Waals surface area contributed by atoms with Gasteiger partial charge in [-0.15, -0.1) is 0 Å².